The number of nitrogens with one attached hydrogen (secondary N) is 1. The highest BCUT2D eigenvalue weighted by Crippen LogP contribution is 2.03. The summed E-state index contributed by atoms with van der Waals surface area (Å²) in [5.41, 5.74) is 0.951. The van der Waals surface area contributed by atoms with Gasteiger partial charge in [0.05, 0.1) is 12.8 Å². The van der Waals surface area contributed by atoms with Crippen LogP contribution in [-0.2, 0) is 16.1 Å². The van der Waals surface area contributed by atoms with Crippen LogP contribution in [0.15, 0.2) is 6.20 Å². The van der Waals surface area contributed by atoms with Crippen molar-refractivity contribution in [2.45, 2.75) is 26.4 Å². The first-order chi connectivity index (χ1) is 7.08. The molecule has 0 spiro atoms. The lowest BCUT2D eigenvalue weighted by molar-refractivity contribution is -0.143. The normalized spacial score (nSPS) is 12.5. The minimum Gasteiger partial charge on any atom is -0.468 e. The molecule has 0 radical (unpaired) electrons. The zero-order valence-electron chi connectivity index (χ0n) is 9.57. The molecule has 1 N–H and O–H groups in total. The summed E-state index contributed by atoms with van der Waals surface area (Å²) in [6.07, 6.45) is 1.92. The third-order valence-electron chi connectivity index (χ3n) is 2.31. The maximum Gasteiger partial charge on any atom is 0.324 e. The van der Waals surface area contributed by atoms with Crippen molar-refractivity contribution < 1.29 is 9.53 Å². The van der Waals surface area contributed by atoms with Gasteiger partial charge in [-0.2, -0.15) is 0 Å². The standard InChI is InChI=1S/C10H17N3O2/c1-7-5-13(8(2)12-7)6-9(11-3)10(14)15-4/h5,9,11H,6H2,1-4H3. The van der Waals surface area contributed by atoms with Gasteiger partial charge >= 0.3 is 5.97 Å². The molecular formula is C10H17N3O2. The zero-order chi connectivity index (χ0) is 11.4. The van der Waals surface area contributed by atoms with E-state index in [0.29, 0.717) is 6.54 Å². The first-order valence-corrected chi connectivity index (χ1v) is 4.84. The van der Waals surface area contributed by atoms with Crippen LogP contribution in [0.3, 0.4) is 0 Å². The molecule has 84 valence electrons. The Morgan fingerprint density at radius 1 is 1.67 bits per heavy atom. The van der Waals surface area contributed by atoms with Gasteiger partial charge in [0.15, 0.2) is 0 Å². The number of nitrogens with zero attached hydrogens (tertiary/aromatic N) is 2. The van der Waals surface area contributed by atoms with Crippen LogP contribution in [0.1, 0.15) is 11.5 Å². The molecule has 1 unspecified atom stereocenters. The van der Waals surface area contributed by atoms with Crippen LogP contribution in [0.2, 0.25) is 0 Å². The maximum absolute atomic E-state index is 11.3. The van der Waals surface area contributed by atoms with E-state index in [1.54, 1.807) is 7.05 Å². The lowest BCUT2D eigenvalue weighted by Crippen LogP contribution is -2.38. The van der Waals surface area contributed by atoms with Gasteiger partial charge in [0, 0.05) is 12.7 Å². The molecule has 0 amide bonds. The summed E-state index contributed by atoms with van der Waals surface area (Å²) in [5, 5.41) is 2.91. The van der Waals surface area contributed by atoms with Gasteiger partial charge in [0.1, 0.15) is 11.9 Å². The van der Waals surface area contributed by atoms with Gasteiger partial charge in [-0.15, -0.1) is 0 Å². The Labute approximate surface area is 89.4 Å². The summed E-state index contributed by atoms with van der Waals surface area (Å²) in [6, 6.07) is -0.331. The number of ether oxygens (including phenoxy) is 1. The topological polar surface area (TPSA) is 56.2 Å². The summed E-state index contributed by atoms with van der Waals surface area (Å²) in [5.74, 6) is 0.639. The number of carbonyl (C=O) groups is 1. The van der Waals surface area contributed by atoms with E-state index in [4.69, 9.17) is 0 Å². The predicted molar refractivity (Wildman–Crippen MR) is 56.6 cm³/mol. The van der Waals surface area contributed by atoms with E-state index in [0.717, 1.165) is 11.5 Å². The highest BCUT2D eigenvalue weighted by Gasteiger charge is 2.18. The van der Waals surface area contributed by atoms with Gasteiger partial charge in [-0.05, 0) is 20.9 Å². The number of hydrogen-bond acceptors (Lipinski definition) is 4. The Hall–Kier alpha value is -1.36. The van der Waals surface area contributed by atoms with Gasteiger partial charge in [-0.25, -0.2) is 4.98 Å². The predicted octanol–water partition coefficient (Wildman–Crippen LogP) is 0.261. The lowest BCUT2D eigenvalue weighted by Gasteiger charge is -2.14. The van der Waals surface area contributed by atoms with Crippen molar-refractivity contribution in [1.82, 2.24) is 14.9 Å². The van der Waals surface area contributed by atoms with Crippen molar-refractivity contribution in [2.24, 2.45) is 0 Å². The molecule has 15 heavy (non-hydrogen) atoms. The Bertz CT molecular complexity index is 346. The van der Waals surface area contributed by atoms with Gasteiger partial charge < -0.3 is 14.6 Å². The van der Waals surface area contributed by atoms with Crippen molar-refractivity contribution in [3.05, 3.63) is 17.7 Å². The fourth-order valence-corrected chi connectivity index (χ4v) is 1.47. The summed E-state index contributed by atoms with van der Waals surface area (Å²) < 4.78 is 6.62. The molecule has 5 heteroatoms. The minimum atomic E-state index is -0.331. The molecule has 1 rings (SSSR count). The molecule has 1 atom stereocenters. The number of carbonyl (C=O) groups excluding carboxylic acids is 1. The van der Waals surface area contributed by atoms with Crippen LogP contribution in [-0.4, -0.2) is 35.7 Å². The summed E-state index contributed by atoms with van der Waals surface area (Å²) in [7, 11) is 3.12. The molecule has 1 aromatic rings. The van der Waals surface area contributed by atoms with Crippen molar-refractivity contribution in [3.8, 4) is 0 Å². The number of rotatable bonds is 4. The lowest BCUT2D eigenvalue weighted by atomic mass is 10.3. The molecule has 0 fully saturated rings. The molecule has 0 saturated carbocycles. The number of esters is 1. The van der Waals surface area contributed by atoms with Crippen molar-refractivity contribution >= 4 is 5.97 Å². The van der Waals surface area contributed by atoms with Crippen LogP contribution in [0.5, 0.6) is 0 Å². The Morgan fingerprint density at radius 2 is 2.33 bits per heavy atom. The third kappa shape index (κ3) is 2.79. The van der Waals surface area contributed by atoms with Gasteiger partial charge in [-0.3, -0.25) is 4.79 Å². The van der Waals surface area contributed by atoms with E-state index >= 15 is 0 Å². The molecule has 0 saturated heterocycles. The van der Waals surface area contributed by atoms with Gasteiger partial charge in [0.2, 0.25) is 0 Å². The minimum absolute atomic E-state index is 0.261. The zero-order valence-corrected chi connectivity index (χ0v) is 9.57. The third-order valence-corrected chi connectivity index (χ3v) is 2.31. The summed E-state index contributed by atoms with van der Waals surface area (Å²) >= 11 is 0. The second kappa shape index (κ2) is 4.93. The fraction of sp³-hybridized carbons (Fsp3) is 0.600. The Balaban J connectivity index is 2.74. The number of imidazole rings is 1. The Morgan fingerprint density at radius 3 is 2.73 bits per heavy atom. The van der Waals surface area contributed by atoms with E-state index in [-0.39, 0.29) is 12.0 Å². The summed E-state index contributed by atoms with van der Waals surface area (Å²) in [4.78, 5) is 15.6. The number of aryl methyl sites for hydroxylation is 2. The van der Waals surface area contributed by atoms with Crippen molar-refractivity contribution in [1.29, 1.82) is 0 Å². The molecule has 5 nitrogen and oxygen atoms in total. The van der Waals surface area contributed by atoms with Crippen LogP contribution in [0.25, 0.3) is 0 Å². The van der Waals surface area contributed by atoms with Gasteiger partial charge in [-0.1, -0.05) is 0 Å². The first-order valence-electron chi connectivity index (χ1n) is 4.84. The second-order valence-electron chi connectivity index (χ2n) is 3.45. The van der Waals surface area contributed by atoms with E-state index in [1.807, 2.05) is 24.6 Å². The highest BCUT2D eigenvalue weighted by molar-refractivity contribution is 5.75. The maximum atomic E-state index is 11.3. The molecule has 0 bridgehead atoms. The molecule has 1 heterocycles. The Kier molecular flexibility index (Phi) is 3.85. The van der Waals surface area contributed by atoms with Crippen LogP contribution >= 0.6 is 0 Å². The molecule has 0 aliphatic carbocycles. The van der Waals surface area contributed by atoms with Crippen LogP contribution in [0, 0.1) is 13.8 Å². The quantitative estimate of drug-likeness (QED) is 0.726. The van der Waals surface area contributed by atoms with E-state index in [9.17, 15) is 4.79 Å². The fourth-order valence-electron chi connectivity index (χ4n) is 1.47. The average molecular weight is 211 g/mol. The van der Waals surface area contributed by atoms with E-state index < -0.39 is 0 Å². The second-order valence-corrected chi connectivity index (χ2v) is 3.45. The van der Waals surface area contributed by atoms with Crippen molar-refractivity contribution in [3.63, 3.8) is 0 Å². The largest absolute Gasteiger partial charge is 0.468 e. The van der Waals surface area contributed by atoms with Gasteiger partial charge in [0.25, 0.3) is 0 Å². The smallest absolute Gasteiger partial charge is 0.324 e. The SMILES string of the molecule is CNC(Cn1cc(C)nc1C)C(=O)OC. The molecule has 0 aliphatic rings. The number of likely N-dealkylation sites (N-methyl/N-ethyl adjacent to an activating group) is 1. The monoisotopic (exact) mass is 211 g/mol. The first kappa shape index (κ1) is 11.7. The van der Waals surface area contributed by atoms with Crippen LogP contribution in [0.4, 0.5) is 0 Å². The number of methoxy groups -OCH3 is 1. The highest BCUT2D eigenvalue weighted by atomic mass is 16.5. The number of hydrogen-bond donors (Lipinski definition) is 1. The average Bonchev–Trinajstić information content (AvgIpc) is 2.52. The molecule has 0 aliphatic heterocycles. The molecule has 1 aromatic heterocycles. The molecule has 0 aromatic carbocycles. The van der Waals surface area contributed by atoms with Crippen LogP contribution < -0.4 is 5.32 Å². The van der Waals surface area contributed by atoms with Crippen molar-refractivity contribution in [2.75, 3.05) is 14.2 Å². The summed E-state index contributed by atoms with van der Waals surface area (Å²) in [6.45, 7) is 4.38. The van der Waals surface area contributed by atoms with E-state index in [1.165, 1.54) is 7.11 Å². The number of aromatic nitrogens is 2. The molecular weight excluding hydrogens is 194 g/mol. The van der Waals surface area contributed by atoms with E-state index in [2.05, 4.69) is 15.0 Å².